The number of benzene rings is 2. The summed E-state index contributed by atoms with van der Waals surface area (Å²) in [5, 5.41) is 3.10. The predicted octanol–water partition coefficient (Wildman–Crippen LogP) is 2.25. The first-order chi connectivity index (χ1) is 14.5. The van der Waals surface area contributed by atoms with Crippen molar-refractivity contribution in [3.8, 4) is 11.5 Å². The highest BCUT2D eigenvalue weighted by atomic mass is 16.5. The largest absolute Gasteiger partial charge is 0.497 e. The van der Waals surface area contributed by atoms with E-state index in [9.17, 15) is 14.4 Å². The van der Waals surface area contributed by atoms with Crippen molar-refractivity contribution in [1.82, 2.24) is 9.97 Å². The van der Waals surface area contributed by atoms with Crippen LogP contribution in [0.15, 0.2) is 57.6 Å². The Hall–Kier alpha value is -4.07. The van der Waals surface area contributed by atoms with Crippen LogP contribution in [0.25, 0.3) is 5.70 Å². The number of ketones is 1. The average Bonchev–Trinajstić information content (AvgIpc) is 3.04. The van der Waals surface area contributed by atoms with E-state index in [-0.39, 0.29) is 17.2 Å². The van der Waals surface area contributed by atoms with E-state index in [4.69, 9.17) is 9.47 Å². The fourth-order valence-corrected chi connectivity index (χ4v) is 4.23. The second-order valence-corrected chi connectivity index (χ2v) is 7.03. The van der Waals surface area contributed by atoms with Gasteiger partial charge in [-0.1, -0.05) is 24.3 Å². The minimum Gasteiger partial charge on any atom is -0.497 e. The summed E-state index contributed by atoms with van der Waals surface area (Å²) in [6, 6.07) is 12.4. The van der Waals surface area contributed by atoms with Gasteiger partial charge in [-0.05, 0) is 18.2 Å². The van der Waals surface area contributed by atoms with Crippen LogP contribution >= 0.6 is 0 Å². The molecule has 2 aromatic carbocycles. The van der Waals surface area contributed by atoms with Gasteiger partial charge in [0.15, 0.2) is 5.78 Å². The summed E-state index contributed by atoms with van der Waals surface area (Å²) >= 11 is 0. The van der Waals surface area contributed by atoms with Gasteiger partial charge in [-0.25, -0.2) is 4.79 Å². The zero-order chi connectivity index (χ0) is 21.0. The fourth-order valence-electron chi connectivity index (χ4n) is 4.23. The number of carbonyl (C=O) groups excluding carboxylic acids is 1. The minimum absolute atomic E-state index is 0.181. The molecule has 30 heavy (non-hydrogen) atoms. The zero-order valence-corrected chi connectivity index (χ0v) is 16.2. The van der Waals surface area contributed by atoms with Crippen LogP contribution in [0.5, 0.6) is 11.5 Å². The van der Waals surface area contributed by atoms with Crippen molar-refractivity contribution in [1.29, 1.82) is 0 Å². The highest BCUT2D eigenvalue weighted by Gasteiger charge is 2.42. The van der Waals surface area contributed by atoms with Gasteiger partial charge in [0.1, 0.15) is 17.3 Å². The predicted molar refractivity (Wildman–Crippen MR) is 110 cm³/mol. The van der Waals surface area contributed by atoms with Crippen molar-refractivity contribution in [2.24, 2.45) is 0 Å². The van der Waals surface area contributed by atoms with Crippen LogP contribution in [0, 0.1) is 0 Å². The average molecular weight is 403 g/mol. The Morgan fingerprint density at radius 3 is 2.40 bits per heavy atom. The van der Waals surface area contributed by atoms with E-state index >= 15 is 0 Å². The van der Waals surface area contributed by atoms with Gasteiger partial charge in [0.25, 0.3) is 5.56 Å². The molecule has 1 aromatic heterocycles. The monoisotopic (exact) mass is 403 g/mol. The van der Waals surface area contributed by atoms with Crippen molar-refractivity contribution in [2.75, 3.05) is 19.5 Å². The molecule has 0 spiro atoms. The van der Waals surface area contributed by atoms with E-state index in [0.29, 0.717) is 33.9 Å². The number of methoxy groups -OCH3 is 2. The molecule has 150 valence electrons. The molecule has 0 saturated heterocycles. The third-order valence-electron chi connectivity index (χ3n) is 5.51. The van der Waals surface area contributed by atoms with Gasteiger partial charge < -0.3 is 14.8 Å². The van der Waals surface area contributed by atoms with Crippen LogP contribution in [0.1, 0.15) is 33.0 Å². The van der Waals surface area contributed by atoms with Gasteiger partial charge in [0.05, 0.1) is 31.4 Å². The maximum absolute atomic E-state index is 13.4. The van der Waals surface area contributed by atoms with Crippen molar-refractivity contribution in [3.05, 3.63) is 91.1 Å². The smallest absolute Gasteiger partial charge is 0.327 e. The molecule has 0 saturated carbocycles. The second kappa shape index (κ2) is 6.48. The molecule has 0 unspecified atom stereocenters. The van der Waals surface area contributed by atoms with Gasteiger partial charge in [-0.3, -0.25) is 19.6 Å². The SMILES string of the molecule is COc1ccc(OC)c([C@H]2C3=C(Nc4[nH]c(=O)[nH]c(=O)c42)c2ccccc2C3=O)c1. The number of nitrogens with one attached hydrogen (secondary N) is 3. The van der Waals surface area contributed by atoms with Crippen molar-refractivity contribution in [2.45, 2.75) is 5.92 Å². The first-order valence-corrected chi connectivity index (χ1v) is 9.27. The number of aromatic nitrogens is 2. The first-order valence-electron chi connectivity index (χ1n) is 9.27. The molecule has 1 aliphatic carbocycles. The number of allylic oxidation sites excluding steroid dienone is 1. The highest BCUT2D eigenvalue weighted by molar-refractivity contribution is 6.23. The number of hydrogen-bond acceptors (Lipinski definition) is 6. The van der Waals surface area contributed by atoms with E-state index in [1.165, 1.54) is 14.2 Å². The summed E-state index contributed by atoms with van der Waals surface area (Å²) < 4.78 is 10.9. The Labute approximate surface area is 170 Å². The molecule has 3 N–H and O–H groups in total. The molecule has 5 rings (SSSR count). The van der Waals surface area contributed by atoms with E-state index in [0.717, 1.165) is 5.56 Å². The zero-order valence-electron chi connectivity index (χ0n) is 16.2. The lowest BCUT2D eigenvalue weighted by Gasteiger charge is -2.28. The third kappa shape index (κ3) is 2.43. The van der Waals surface area contributed by atoms with Crippen LogP contribution in [-0.2, 0) is 0 Å². The molecule has 0 bridgehead atoms. The summed E-state index contributed by atoms with van der Waals surface area (Å²) in [7, 11) is 3.05. The summed E-state index contributed by atoms with van der Waals surface area (Å²) in [5.41, 5.74) is 1.86. The number of Topliss-reactive ketones (excluding diaryl/α,β-unsaturated/α-hetero) is 1. The number of H-pyrrole nitrogens is 2. The third-order valence-corrected chi connectivity index (χ3v) is 5.51. The fraction of sp³-hybridized carbons (Fsp3) is 0.136. The van der Waals surface area contributed by atoms with Crippen LogP contribution in [-0.4, -0.2) is 30.0 Å². The number of rotatable bonds is 3. The van der Waals surface area contributed by atoms with Gasteiger partial charge in [-0.15, -0.1) is 0 Å². The lowest BCUT2D eigenvalue weighted by molar-refractivity contribution is 0.103. The van der Waals surface area contributed by atoms with Crippen molar-refractivity contribution < 1.29 is 14.3 Å². The number of hydrogen-bond donors (Lipinski definition) is 3. The topological polar surface area (TPSA) is 113 Å². The number of carbonyl (C=O) groups is 1. The Kier molecular flexibility index (Phi) is 3.89. The number of fused-ring (bicyclic) bond motifs is 3. The molecule has 8 nitrogen and oxygen atoms in total. The summed E-state index contributed by atoms with van der Waals surface area (Å²) in [6.45, 7) is 0. The molecule has 2 aliphatic rings. The molecule has 0 radical (unpaired) electrons. The maximum Gasteiger partial charge on any atom is 0.327 e. The first kappa shape index (κ1) is 18.0. The number of anilines is 1. The van der Waals surface area contributed by atoms with E-state index in [1.54, 1.807) is 30.3 Å². The van der Waals surface area contributed by atoms with Crippen LogP contribution in [0.3, 0.4) is 0 Å². The van der Waals surface area contributed by atoms with Crippen LogP contribution in [0.2, 0.25) is 0 Å². The number of aromatic amines is 2. The van der Waals surface area contributed by atoms with Crippen LogP contribution < -0.4 is 26.0 Å². The second-order valence-electron chi connectivity index (χ2n) is 7.03. The molecule has 2 heterocycles. The summed E-state index contributed by atoms with van der Waals surface area (Å²) in [6.07, 6.45) is 0. The number of ether oxygens (including phenoxy) is 2. The molecule has 0 amide bonds. The van der Waals surface area contributed by atoms with Crippen molar-refractivity contribution in [3.63, 3.8) is 0 Å². The lowest BCUT2D eigenvalue weighted by atomic mass is 9.81. The standard InChI is InChI=1S/C22H17N3O5/c1-29-10-7-8-14(30-2)13(9-10)15-16-18(11-5-3-4-6-12(11)19(16)26)23-20-17(15)21(27)25-22(28)24-20/h3-9,15H,1-2H3,(H3,23,24,25,27,28)/t15-/m0/s1. The molecule has 0 fully saturated rings. The Morgan fingerprint density at radius 2 is 1.67 bits per heavy atom. The maximum atomic E-state index is 13.4. The highest BCUT2D eigenvalue weighted by Crippen LogP contribution is 2.49. The summed E-state index contributed by atoms with van der Waals surface area (Å²) in [4.78, 5) is 43.1. The summed E-state index contributed by atoms with van der Waals surface area (Å²) in [5.74, 6) is 0.356. The quantitative estimate of drug-likeness (QED) is 0.618. The molecule has 1 aliphatic heterocycles. The molecular formula is C22H17N3O5. The molecule has 8 heteroatoms. The van der Waals surface area contributed by atoms with Crippen molar-refractivity contribution >= 4 is 17.3 Å². The van der Waals surface area contributed by atoms with Gasteiger partial charge in [-0.2, -0.15) is 0 Å². The molecule has 3 aromatic rings. The molecule has 1 atom stereocenters. The molecular weight excluding hydrogens is 386 g/mol. The van der Waals surface area contributed by atoms with Gasteiger partial charge in [0, 0.05) is 22.3 Å². The Morgan fingerprint density at radius 1 is 0.900 bits per heavy atom. The lowest BCUT2D eigenvalue weighted by Crippen LogP contribution is -2.33. The van der Waals surface area contributed by atoms with Crippen LogP contribution in [0.4, 0.5) is 5.82 Å². The van der Waals surface area contributed by atoms with E-state index in [1.807, 2.05) is 12.1 Å². The normalized spacial score (nSPS) is 16.5. The van der Waals surface area contributed by atoms with E-state index in [2.05, 4.69) is 15.3 Å². The minimum atomic E-state index is -0.762. The van der Waals surface area contributed by atoms with E-state index < -0.39 is 17.2 Å². The Bertz CT molecular complexity index is 1370. The van der Waals surface area contributed by atoms with Gasteiger partial charge >= 0.3 is 5.69 Å². The Balaban J connectivity index is 1.87. The van der Waals surface area contributed by atoms with Gasteiger partial charge in [0.2, 0.25) is 0 Å².